The van der Waals surface area contributed by atoms with Crippen molar-refractivity contribution in [2.75, 3.05) is 19.2 Å². The summed E-state index contributed by atoms with van der Waals surface area (Å²) in [6.07, 6.45) is -4.17. The predicted molar refractivity (Wildman–Crippen MR) is 61.9 cm³/mol. The molecule has 0 radical (unpaired) electrons. The molecule has 0 saturated heterocycles. The molecule has 2 N–H and O–H groups in total. The van der Waals surface area contributed by atoms with E-state index in [-0.39, 0.29) is 18.0 Å². The van der Waals surface area contributed by atoms with Crippen molar-refractivity contribution in [3.05, 3.63) is 23.3 Å². The van der Waals surface area contributed by atoms with Crippen LogP contribution in [-0.2, 0) is 17.4 Å². The van der Waals surface area contributed by atoms with Gasteiger partial charge in [0.25, 0.3) is 0 Å². The van der Waals surface area contributed by atoms with Crippen LogP contribution >= 0.6 is 0 Å². The number of ether oxygens (including phenoxy) is 1. The van der Waals surface area contributed by atoms with Crippen molar-refractivity contribution >= 4 is 5.69 Å². The highest BCUT2D eigenvalue weighted by Gasteiger charge is 2.39. The van der Waals surface area contributed by atoms with E-state index >= 15 is 0 Å². The van der Waals surface area contributed by atoms with Crippen LogP contribution in [-0.4, -0.2) is 24.4 Å². The van der Waals surface area contributed by atoms with Crippen LogP contribution in [0.1, 0.15) is 18.1 Å². The van der Waals surface area contributed by atoms with Gasteiger partial charge >= 0.3 is 6.18 Å². The quantitative estimate of drug-likeness (QED) is 0.833. The second-order valence-electron chi connectivity index (χ2n) is 4.70. The van der Waals surface area contributed by atoms with Gasteiger partial charge in [-0.3, -0.25) is 10.3 Å². The van der Waals surface area contributed by atoms with Crippen LogP contribution in [0.3, 0.4) is 0 Å². The van der Waals surface area contributed by atoms with Gasteiger partial charge in [0, 0.05) is 12.0 Å². The third-order valence-electron chi connectivity index (χ3n) is 2.97. The molecule has 0 fully saturated rings. The van der Waals surface area contributed by atoms with Crippen molar-refractivity contribution < 1.29 is 27.9 Å². The molecular formula is C12H14F3NO3. The Morgan fingerprint density at radius 2 is 2.16 bits per heavy atom. The summed E-state index contributed by atoms with van der Waals surface area (Å²) in [7, 11) is 1.24. The van der Waals surface area contributed by atoms with E-state index in [1.54, 1.807) is 6.92 Å². The van der Waals surface area contributed by atoms with Gasteiger partial charge in [-0.25, -0.2) is 0 Å². The van der Waals surface area contributed by atoms with E-state index in [9.17, 15) is 18.3 Å². The molecule has 0 bridgehead atoms. The Morgan fingerprint density at radius 3 is 2.68 bits per heavy atom. The van der Waals surface area contributed by atoms with Crippen LogP contribution in [0.5, 0.6) is 5.75 Å². The van der Waals surface area contributed by atoms with Gasteiger partial charge in [0.05, 0.1) is 25.0 Å². The molecule has 19 heavy (non-hydrogen) atoms. The number of aliphatic hydroxyl groups is 1. The molecule has 1 atom stereocenters. The monoisotopic (exact) mass is 277 g/mol. The maximum Gasteiger partial charge on any atom is 0.418 e. The van der Waals surface area contributed by atoms with Crippen LogP contribution < -0.4 is 10.2 Å². The molecule has 2 rings (SSSR count). The molecule has 1 aromatic carbocycles. The van der Waals surface area contributed by atoms with Crippen molar-refractivity contribution in [3.63, 3.8) is 0 Å². The molecular weight excluding hydrogens is 263 g/mol. The van der Waals surface area contributed by atoms with Crippen LogP contribution in [0.15, 0.2) is 12.1 Å². The lowest BCUT2D eigenvalue weighted by molar-refractivity contribution is -0.137. The van der Waals surface area contributed by atoms with Crippen molar-refractivity contribution in [3.8, 4) is 5.75 Å². The molecule has 1 heterocycles. The summed E-state index contributed by atoms with van der Waals surface area (Å²) in [5, 5.41) is 9.21. The normalized spacial score (nSPS) is 22.0. The number of hydrogen-bond acceptors (Lipinski definition) is 4. The maximum atomic E-state index is 12.9. The molecule has 0 spiro atoms. The van der Waals surface area contributed by atoms with Gasteiger partial charge in [-0.05, 0) is 19.1 Å². The van der Waals surface area contributed by atoms with E-state index in [1.807, 2.05) is 0 Å². The molecule has 0 aromatic heterocycles. The fourth-order valence-corrected chi connectivity index (χ4v) is 2.08. The Labute approximate surface area is 108 Å². The summed E-state index contributed by atoms with van der Waals surface area (Å²) < 4.78 is 44.1. The Kier molecular flexibility index (Phi) is 3.36. The summed E-state index contributed by atoms with van der Waals surface area (Å²) in [6.45, 7) is 1.37. The lowest BCUT2D eigenvalue weighted by atomic mass is 9.99. The Hall–Kier alpha value is -1.47. The van der Waals surface area contributed by atoms with Crippen molar-refractivity contribution in [1.29, 1.82) is 0 Å². The second kappa shape index (κ2) is 4.57. The number of aliphatic hydroxyl groups excluding tert-OH is 1. The number of halogens is 3. The standard InChI is InChI=1S/C12H14F3NO3/c1-11(6-17)5-7-3-9(16-18-2)8(12(13,14)15)4-10(7)19-11/h3-4,16-17H,5-6H2,1-2H3. The number of nitrogens with one attached hydrogen (secondary N) is 1. The SMILES string of the molecule is CONc1cc2c(cc1C(F)(F)F)OC(C)(CO)C2. The molecule has 7 heteroatoms. The second-order valence-corrected chi connectivity index (χ2v) is 4.70. The minimum absolute atomic E-state index is 0.144. The fourth-order valence-electron chi connectivity index (χ4n) is 2.08. The minimum atomic E-state index is -4.52. The first-order valence-corrected chi connectivity index (χ1v) is 5.62. The summed E-state index contributed by atoms with van der Waals surface area (Å²) in [5.74, 6) is 0.144. The maximum absolute atomic E-state index is 12.9. The summed E-state index contributed by atoms with van der Waals surface area (Å²) >= 11 is 0. The molecule has 0 amide bonds. The topological polar surface area (TPSA) is 50.7 Å². The minimum Gasteiger partial charge on any atom is -0.485 e. The van der Waals surface area contributed by atoms with Gasteiger partial charge in [0.15, 0.2) is 0 Å². The smallest absolute Gasteiger partial charge is 0.418 e. The largest absolute Gasteiger partial charge is 0.485 e. The highest BCUT2D eigenvalue weighted by atomic mass is 19.4. The lowest BCUT2D eigenvalue weighted by Crippen LogP contribution is -2.34. The zero-order valence-electron chi connectivity index (χ0n) is 10.5. The van der Waals surface area contributed by atoms with Crippen LogP contribution in [0.4, 0.5) is 18.9 Å². The molecule has 0 saturated carbocycles. The molecule has 1 aliphatic heterocycles. The van der Waals surface area contributed by atoms with Crippen LogP contribution in [0.2, 0.25) is 0 Å². The molecule has 1 aliphatic rings. The third-order valence-corrected chi connectivity index (χ3v) is 2.97. The first kappa shape index (κ1) is 14.0. The van der Waals surface area contributed by atoms with Gasteiger partial charge in [-0.1, -0.05) is 0 Å². The first-order valence-electron chi connectivity index (χ1n) is 5.62. The van der Waals surface area contributed by atoms with Gasteiger partial charge in [-0.15, -0.1) is 0 Å². The van der Waals surface area contributed by atoms with E-state index in [2.05, 4.69) is 10.3 Å². The number of fused-ring (bicyclic) bond motifs is 1. The third kappa shape index (κ3) is 2.62. The molecule has 1 unspecified atom stereocenters. The van der Waals surface area contributed by atoms with E-state index in [4.69, 9.17) is 4.74 Å². The Morgan fingerprint density at radius 1 is 1.47 bits per heavy atom. The number of benzene rings is 1. The number of rotatable bonds is 3. The molecule has 4 nitrogen and oxygen atoms in total. The van der Waals surface area contributed by atoms with E-state index < -0.39 is 17.3 Å². The average molecular weight is 277 g/mol. The average Bonchev–Trinajstić information content (AvgIpc) is 2.64. The number of anilines is 1. The molecule has 1 aromatic rings. The first-order chi connectivity index (χ1) is 8.79. The molecule has 0 aliphatic carbocycles. The van der Waals surface area contributed by atoms with Gasteiger partial charge in [-0.2, -0.15) is 13.2 Å². The van der Waals surface area contributed by atoms with E-state index in [0.29, 0.717) is 12.0 Å². The summed E-state index contributed by atoms with van der Waals surface area (Å²) in [5.41, 5.74) is 0.910. The van der Waals surface area contributed by atoms with Crippen LogP contribution in [0, 0.1) is 0 Å². The predicted octanol–water partition coefficient (Wildman–Crippen LogP) is 2.36. The zero-order valence-corrected chi connectivity index (χ0v) is 10.5. The van der Waals surface area contributed by atoms with Gasteiger partial charge in [0.2, 0.25) is 0 Å². The van der Waals surface area contributed by atoms with Crippen molar-refractivity contribution in [1.82, 2.24) is 0 Å². The van der Waals surface area contributed by atoms with E-state index in [1.165, 1.54) is 13.2 Å². The van der Waals surface area contributed by atoms with Crippen molar-refractivity contribution in [2.24, 2.45) is 0 Å². The highest BCUT2D eigenvalue weighted by Crippen LogP contribution is 2.43. The van der Waals surface area contributed by atoms with Crippen molar-refractivity contribution in [2.45, 2.75) is 25.1 Å². The number of alkyl halides is 3. The summed E-state index contributed by atoms with van der Waals surface area (Å²) in [6, 6.07) is 2.26. The highest BCUT2D eigenvalue weighted by molar-refractivity contribution is 5.59. The van der Waals surface area contributed by atoms with Crippen LogP contribution in [0.25, 0.3) is 0 Å². The summed E-state index contributed by atoms with van der Waals surface area (Å²) in [4.78, 5) is 4.56. The molecule has 106 valence electrons. The lowest BCUT2D eigenvalue weighted by Gasteiger charge is -2.20. The fraction of sp³-hybridized carbons (Fsp3) is 0.500. The Bertz CT molecular complexity index is 490. The zero-order chi connectivity index (χ0) is 14.3. The van der Waals surface area contributed by atoms with Gasteiger partial charge in [0.1, 0.15) is 11.4 Å². The number of hydrogen-bond donors (Lipinski definition) is 2. The Balaban J connectivity index is 2.46. The van der Waals surface area contributed by atoms with Gasteiger partial charge < -0.3 is 9.84 Å². The van der Waals surface area contributed by atoms with E-state index in [0.717, 1.165) is 6.07 Å².